The summed E-state index contributed by atoms with van der Waals surface area (Å²) in [6, 6.07) is 6.88. The van der Waals surface area contributed by atoms with E-state index < -0.39 is 31.0 Å². The van der Waals surface area contributed by atoms with Crippen LogP contribution in [0.3, 0.4) is 0 Å². The van der Waals surface area contributed by atoms with Crippen molar-refractivity contribution in [2.45, 2.75) is 76.3 Å². The van der Waals surface area contributed by atoms with Crippen LogP contribution in [0.25, 0.3) is 0 Å². The Morgan fingerprint density at radius 1 is 1.10 bits per heavy atom. The molecule has 0 bridgehead atoms. The van der Waals surface area contributed by atoms with Gasteiger partial charge in [0.15, 0.2) is 0 Å². The lowest BCUT2D eigenvalue weighted by Crippen LogP contribution is -2.47. The minimum Gasteiger partial charge on any atom is -0.494 e. The van der Waals surface area contributed by atoms with Gasteiger partial charge in [0.1, 0.15) is 18.5 Å². The fourth-order valence-corrected chi connectivity index (χ4v) is 3.91. The first kappa shape index (κ1) is 35.5. The number of halogens is 4. The number of carbonyl (C=O) groups is 2. The van der Waals surface area contributed by atoms with Crippen LogP contribution in [-0.2, 0) is 14.3 Å². The van der Waals surface area contributed by atoms with Crippen molar-refractivity contribution in [1.82, 2.24) is 10.2 Å². The highest BCUT2D eigenvalue weighted by atomic mass is 19.4. The molecule has 0 radical (unpaired) electrons. The van der Waals surface area contributed by atoms with Crippen molar-refractivity contribution in [3.05, 3.63) is 29.8 Å². The van der Waals surface area contributed by atoms with Crippen molar-refractivity contribution < 1.29 is 51.9 Å². The van der Waals surface area contributed by atoms with Crippen molar-refractivity contribution in [3.63, 3.8) is 0 Å². The van der Waals surface area contributed by atoms with Crippen molar-refractivity contribution in [2.24, 2.45) is 0 Å². The largest absolute Gasteiger partial charge is 0.494 e. The molecule has 1 aliphatic rings. The summed E-state index contributed by atoms with van der Waals surface area (Å²) in [5, 5.41) is 31.0. The molecule has 4 N–H and O–H groups in total. The van der Waals surface area contributed by atoms with Crippen LogP contribution in [0.2, 0.25) is 0 Å². The number of β-amino-alcohol motifs (C(OH)–C–C–N with tert-alkyl or cyclic N) is 1. The first-order chi connectivity index (χ1) is 19.0. The summed E-state index contributed by atoms with van der Waals surface area (Å²) < 4.78 is 54.6. The van der Waals surface area contributed by atoms with Gasteiger partial charge >= 0.3 is 12.1 Å². The fourth-order valence-electron chi connectivity index (χ4n) is 3.91. The molecule has 9 nitrogen and oxygen atoms in total. The van der Waals surface area contributed by atoms with E-state index in [2.05, 4.69) is 17.1 Å². The van der Waals surface area contributed by atoms with Crippen LogP contribution in [0, 0.1) is 0 Å². The third kappa shape index (κ3) is 15.3. The number of hydrogen-bond donors (Lipinski definition) is 4. The number of ether oxygens (including phenoxy) is 2. The molecule has 2 rings (SSSR count). The number of carboxylic acid groups (broad SMARTS) is 1. The average molecular weight is 583 g/mol. The maximum atomic E-state index is 12.6. The van der Waals surface area contributed by atoms with E-state index in [-0.39, 0.29) is 18.6 Å². The van der Waals surface area contributed by atoms with Gasteiger partial charge < -0.3 is 30.1 Å². The monoisotopic (exact) mass is 582 g/mol. The summed E-state index contributed by atoms with van der Waals surface area (Å²) >= 11 is 0. The third-order valence-corrected chi connectivity index (χ3v) is 6.07. The van der Waals surface area contributed by atoms with Gasteiger partial charge in [0, 0.05) is 32.7 Å². The highest BCUT2D eigenvalue weighted by Crippen LogP contribution is 2.23. The molecule has 1 fully saturated rings. The van der Waals surface area contributed by atoms with E-state index >= 15 is 0 Å². The Bertz CT molecular complexity index is 843. The van der Waals surface area contributed by atoms with Gasteiger partial charge in [-0.25, -0.2) is 9.18 Å². The van der Waals surface area contributed by atoms with Gasteiger partial charge in [-0.1, -0.05) is 31.9 Å². The zero-order chi connectivity index (χ0) is 30.0. The molecule has 0 unspecified atom stereocenters. The van der Waals surface area contributed by atoms with Crippen LogP contribution in [0.1, 0.15) is 63.5 Å². The minimum absolute atomic E-state index is 0.108. The summed E-state index contributed by atoms with van der Waals surface area (Å²) in [6.45, 7) is 4.67. The number of aliphatic hydroxyl groups is 2. The maximum absolute atomic E-state index is 12.6. The number of rotatable bonds is 17. The van der Waals surface area contributed by atoms with Gasteiger partial charge in [0.25, 0.3) is 0 Å². The number of aliphatic hydroxyl groups excluding tert-OH is 2. The van der Waals surface area contributed by atoms with Gasteiger partial charge in [-0.3, -0.25) is 9.69 Å². The molecule has 1 aromatic rings. The van der Waals surface area contributed by atoms with Crippen LogP contribution >= 0.6 is 0 Å². The number of amides is 1. The van der Waals surface area contributed by atoms with Gasteiger partial charge in [-0.05, 0) is 43.4 Å². The van der Waals surface area contributed by atoms with Crippen molar-refractivity contribution in [2.75, 3.05) is 46.1 Å². The molecular weight excluding hydrogens is 540 g/mol. The second-order valence-corrected chi connectivity index (χ2v) is 9.51. The van der Waals surface area contributed by atoms with E-state index in [1.807, 2.05) is 24.3 Å². The van der Waals surface area contributed by atoms with Gasteiger partial charge in [0.05, 0.1) is 25.4 Å². The minimum atomic E-state index is -5.08. The number of hydrogen-bond acceptors (Lipinski definition) is 7. The number of carboxylic acids is 1. The predicted octanol–water partition coefficient (Wildman–Crippen LogP) is 3.63. The summed E-state index contributed by atoms with van der Waals surface area (Å²) in [6.07, 6.45) is -0.878. The number of nitrogens with one attached hydrogen (secondary N) is 1. The van der Waals surface area contributed by atoms with Gasteiger partial charge in [-0.2, -0.15) is 13.2 Å². The van der Waals surface area contributed by atoms with Crippen molar-refractivity contribution in [1.29, 1.82) is 0 Å². The smallest absolute Gasteiger partial charge is 0.490 e. The Hall–Kier alpha value is -2.48. The second-order valence-electron chi connectivity index (χ2n) is 9.51. The molecule has 1 aliphatic heterocycles. The van der Waals surface area contributed by atoms with E-state index in [0.29, 0.717) is 51.1 Å². The number of carbonyl (C=O) groups excluding carboxylic acids is 1. The first-order valence-electron chi connectivity index (χ1n) is 13.5. The fraction of sp³-hybridized carbons (Fsp3) is 0.704. The molecule has 1 heterocycles. The third-order valence-electron chi connectivity index (χ3n) is 6.07. The summed E-state index contributed by atoms with van der Waals surface area (Å²) in [7, 11) is 0. The van der Waals surface area contributed by atoms with E-state index in [1.165, 1.54) is 0 Å². The second kappa shape index (κ2) is 19.6. The van der Waals surface area contributed by atoms with Crippen molar-refractivity contribution in [3.8, 4) is 5.75 Å². The highest BCUT2D eigenvalue weighted by molar-refractivity contribution is 5.76. The quantitative estimate of drug-likeness (QED) is 0.162. The Labute approximate surface area is 232 Å². The molecule has 3 atom stereocenters. The molecular formula is C27H42F4N2O7. The Kier molecular flexibility index (Phi) is 17.4. The number of aliphatic carboxylic acids is 1. The maximum Gasteiger partial charge on any atom is 0.490 e. The topological polar surface area (TPSA) is 129 Å². The zero-order valence-electron chi connectivity index (χ0n) is 22.9. The number of likely N-dealkylation sites (tertiary alicyclic amines) is 1. The van der Waals surface area contributed by atoms with Gasteiger partial charge in [-0.15, -0.1) is 0 Å². The summed E-state index contributed by atoms with van der Waals surface area (Å²) in [5.74, 6) is -2.10. The normalized spacial score (nSPS) is 17.0. The Morgan fingerprint density at radius 3 is 2.33 bits per heavy atom. The van der Waals surface area contributed by atoms with E-state index in [9.17, 15) is 32.6 Å². The van der Waals surface area contributed by atoms with Gasteiger partial charge in [0.2, 0.25) is 5.91 Å². The van der Waals surface area contributed by atoms with Crippen LogP contribution in [0.5, 0.6) is 5.75 Å². The number of benzene rings is 1. The lowest BCUT2D eigenvalue weighted by Gasteiger charge is -2.29. The molecule has 0 aromatic heterocycles. The highest BCUT2D eigenvalue weighted by Gasteiger charge is 2.38. The molecule has 1 aromatic carbocycles. The molecule has 230 valence electrons. The summed E-state index contributed by atoms with van der Waals surface area (Å²) in [5.41, 5.74) is 0.716. The van der Waals surface area contributed by atoms with E-state index in [0.717, 1.165) is 38.0 Å². The number of alkyl halides is 4. The van der Waals surface area contributed by atoms with Crippen LogP contribution in [0.4, 0.5) is 17.6 Å². The molecule has 0 spiro atoms. The zero-order valence-corrected chi connectivity index (χ0v) is 22.9. The molecule has 1 amide bonds. The van der Waals surface area contributed by atoms with E-state index in [1.54, 1.807) is 0 Å². The van der Waals surface area contributed by atoms with Crippen LogP contribution < -0.4 is 10.1 Å². The molecule has 1 saturated heterocycles. The molecule has 40 heavy (non-hydrogen) atoms. The summed E-state index contributed by atoms with van der Waals surface area (Å²) in [4.78, 5) is 23.5. The number of nitrogens with zero attached hydrogens (tertiary/aromatic N) is 1. The van der Waals surface area contributed by atoms with Crippen LogP contribution in [-0.4, -0.2) is 96.5 Å². The lowest BCUT2D eigenvalue weighted by atomic mass is 10.0. The standard InChI is InChI=1S/C25H41FN2O5.C2HF3O2/c1-2-3-16-33-22-10-8-20(9-11-22)25(31)23(19-28-14-12-21(29)18-28)27-24(30)7-5-4-6-15-32-17-13-26;3-2(4,5)1(6)7/h8-11,21,23,25,29,31H,2-7,12-19H2,1H3,(H,27,30);(H,6,7)/t21-,23+,25+;/m0./s1. The lowest BCUT2D eigenvalue weighted by molar-refractivity contribution is -0.192. The number of unbranched alkanes of at least 4 members (excludes halogenated alkanes) is 3. The Morgan fingerprint density at radius 2 is 1.77 bits per heavy atom. The van der Waals surface area contributed by atoms with E-state index in [4.69, 9.17) is 19.4 Å². The Balaban J connectivity index is 0.00000101. The predicted molar refractivity (Wildman–Crippen MR) is 140 cm³/mol. The van der Waals surface area contributed by atoms with Crippen LogP contribution in [0.15, 0.2) is 24.3 Å². The molecule has 0 aliphatic carbocycles. The molecule has 13 heteroatoms. The SMILES string of the molecule is CCCCOc1ccc([C@@H](O)[C@@H](CN2CC[C@H](O)C2)NC(=O)CCCCCOCCF)cc1.O=C(O)C(F)(F)F. The molecule has 0 saturated carbocycles. The first-order valence-corrected chi connectivity index (χ1v) is 13.5. The average Bonchev–Trinajstić information content (AvgIpc) is 3.32. The van der Waals surface area contributed by atoms with Crippen molar-refractivity contribution >= 4 is 11.9 Å².